The molecule has 0 fully saturated rings. The number of carboxylic acids is 1. The second-order valence-electron chi connectivity index (χ2n) is 3.27. The average Bonchev–Trinajstić information content (AvgIpc) is 2.87. The second kappa shape index (κ2) is 6.64. The smallest absolute Gasteiger partial charge is 0.326 e. The standard InChI is InChI=1S/C9H11N3O5S/c1-17-7(13)3-2-5(9(15)16)11-8(14)6-4-10-18-12-6/h4-5H,2-3H2,1H3,(H,11,14)(H,15,16)/t5-/m0/s1. The summed E-state index contributed by atoms with van der Waals surface area (Å²) in [5, 5.41) is 11.2. The molecule has 0 aliphatic carbocycles. The Balaban J connectivity index is 2.55. The normalized spacial score (nSPS) is 11.6. The third-order valence-electron chi connectivity index (χ3n) is 2.06. The highest BCUT2D eigenvalue weighted by molar-refractivity contribution is 6.99. The van der Waals surface area contributed by atoms with E-state index in [9.17, 15) is 14.4 Å². The van der Waals surface area contributed by atoms with Gasteiger partial charge in [0.2, 0.25) is 0 Å². The average molecular weight is 273 g/mol. The molecule has 0 unspecified atom stereocenters. The zero-order chi connectivity index (χ0) is 13.5. The van der Waals surface area contributed by atoms with Crippen LogP contribution >= 0.6 is 11.7 Å². The lowest BCUT2D eigenvalue weighted by molar-refractivity contribution is -0.142. The maximum atomic E-state index is 11.5. The zero-order valence-electron chi connectivity index (χ0n) is 9.45. The first kappa shape index (κ1) is 14.0. The molecule has 18 heavy (non-hydrogen) atoms. The summed E-state index contributed by atoms with van der Waals surface area (Å²) in [4.78, 5) is 33.4. The van der Waals surface area contributed by atoms with E-state index < -0.39 is 23.9 Å². The van der Waals surface area contributed by atoms with E-state index in [1.165, 1.54) is 13.3 Å². The van der Waals surface area contributed by atoms with Crippen molar-refractivity contribution in [2.75, 3.05) is 7.11 Å². The largest absolute Gasteiger partial charge is 0.480 e. The molecule has 1 rings (SSSR count). The van der Waals surface area contributed by atoms with Gasteiger partial charge in [-0.3, -0.25) is 9.59 Å². The minimum absolute atomic E-state index is 0.0457. The molecule has 0 radical (unpaired) electrons. The predicted molar refractivity (Wildman–Crippen MR) is 60.0 cm³/mol. The lowest BCUT2D eigenvalue weighted by Crippen LogP contribution is -2.41. The lowest BCUT2D eigenvalue weighted by atomic mass is 10.1. The molecule has 98 valence electrons. The van der Waals surface area contributed by atoms with Gasteiger partial charge < -0.3 is 15.2 Å². The van der Waals surface area contributed by atoms with Gasteiger partial charge >= 0.3 is 11.9 Å². The van der Waals surface area contributed by atoms with Crippen LogP contribution in [-0.4, -0.2) is 44.9 Å². The highest BCUT2D eigenvalue weighted by Gasteiger charge is 2.22. The van der Waals surface area contributed by atoms with Crippen LogP contribution in [0.1, 0.15) is 23.3 Å². The van der Waals surface area contributed by atoms with Gasteiger partial charge in [-0.1, -0.05) is 0 Å². The third-order valence-corrected chi connectivity index (χ3v) is 2.54. The van der Waals surface area contributed by atoms with Crippen molar-refractivity contribution in [3.8, 4) is 0 Å². The van der Waals surface area contributed by atoms with Crippen LogP contribution < -0.4 is 5.32 Å². The summed E-state index contributed by atoms with van der Waals surface area (Å²) < 4.78 is 11.7. The topological polar surface area (TPSA) is 118 Å². The molecular formula is C9H11N3O5S. The summed E-state index contributed by atoms with van der Waals surface area (Å²) in [5.74, 6) is -2.40. The van der Waals surface area contributed by atoms with E-state index in [4.69, 9.17) is 5.11 Å². The van der Waals surface area contributed by atoms with Gasteiger partial charge in [-0.25, -0.2) is 4.79 Å². The van der Waals surface area contributed by atoms with Crippen LogP contribution in [-0.2, 0) is 14.3 Å². The van der Waals surface area contributed by atoms with Crippen LogP contribution in [0.4, 0.5) is 0 Å². The number of methoxy groups -OCH3 is 1. The first-order valence-electron chi connectivity index (χ1n) is 4.92. The Hall–Kier alpha value is -2.03. The number of ether oxygens (including phenoxy) is 1. The van der Waals surface area contributed by atoms with E-state index >= 15 is 0 Å². The Morgan fingerprint density at radius 3 is 2.78 bits per heavy atom. The number of aromatic nitrogens is 2. The Labute approximate surface area is 106 Å². The minimum Gasteiger partial charge on any atom is -0.480 e. The molecule has 0 aliphatic rings. The maximum Gasteiger partial charge on any atom is 0.326 e. The number of esters is 1. The predicted octanol–water partition coefficient (Wildman–Crippen LogP) is -0.326. The molecule has 1 amide bonds. The molecule has 1 heterocycles. The van der Waals surface area contributed by atoms with Gasteiger partial charge in [0.25, 0.3) is 5.91 Å². The van der Waals surface area contributed by atoms with Crippen molar-refractivity contribution < 1.29 is 24.2 Å². The Bertz CT molecular complexity index is 433. The van der Waals surface area contributed by atoms with Gasteiger partial charge in [0.05, 0.1) is 25.0 Å². The van der Waals surface area contributed by atoms with E-state index in [1.54, 1.807) is 0 Å². The van der Waals surface area contributed by atoms with Crippen LogP contribution in [0.15, 0.2) is 6.20 Å². The Morgan fingerprint density at radius 2 is 2.28 bits per heavy atom. The first-order valence-corrected chi connectivity index (χ1v) is 5.65. The highest BCUT2D eigenvalue weighted by Crippen LogP contribution is 2.02. The van der Waals surface area contributed by atoms with Crippen LogP contribution in [0.5, 0.6) is 0 Å². The molecular weight excluding hydrogens is 262 g/mol. The summed E-state index contributed by atoms with van der Waals surface area (Å²) in [6.07, 6.45) is 1.09. The van der Waals surface area contributed by atoms with Gasteiger partial charge in [0, 0.05) is 6.42 Å². The second-order valence-corrected chi connectivity index (χ2v) is 3.83. The SMILES string of the molecule is COC(=O)CC[C@H](NC(=O)c1cnsn1)C(=O)O. The molecule has 0 saturated heterocycles. The molecule has 0 aromatic carbocycles. The number of rotatable bonds is 6. The molecule has 1 atom stereocenters. The molecule has 8 nitrogen and oxygen atoms in total. The number of hydrogen-bond acceptors (Lipinski definition) is 7. The van der Waals surface area contributed by atoms with E-state index in [1.807, 2.05) is 0 Å². The number of carbonyl (C=O) groups is 3. The summed E-state index contributed by atoms with van der Waals surface area (Å²) >= 11 is 0.843. The fourth-order valence-electron chi connectivity index (χ4n) is 1.12. The number of amides is 1. The molecule has 1 aromatic heterocycles. The summed E-state index contributed by atoms with van der Waals surface area (Å²) in [5.41, 5.74) is 0.0457. The number of nitrogens with one attached hydrogen (secondary N) is 1. The van der Waals surface area contributed by atoms with Gasteiger partial charge in [-0.2, -0.15) is 8.75 Å². The van der Waals surface area contributed by atoms with Crippen molar-refractivity contribution in [2.24, 2.45) is 0 Å². The fraction of sp³-hybridized carbons (Fsp3) is 0.444. The number of carbonyl (C=O) groups excluding carboxylic acids is 2. The van der Waals surface area contributed by atoms with Gasteiger partial charge in [0.15, 0.2) is 5.69 Å². The molecule has 0 spiro atoms. The van der Waals surface area contributed by atoms with Crippen LogP contribution in [0.2, 0.25) is 0 Å². The van der Waals surface area contributed by atoms with Gasteiger partial charge in [-0.05, 0) is 6.42 Å². The number of carboxylic acid groups (broad SMARTS) is 1. The summed E-state index contributed by atoms with van der Waals surface area (Å²) in [7, 11) is 1.21. The van der Waals surface area contributed by atoms with E-state index in [2.05, 4.69) is 18.8 Å². The summed E-state index contributed by atoms with van der Waals surface area (Å²) in [6.45, 7) is 0. The minimum atomic E-state index is -1.23. The number of aliphatic carboxylic acids is 1. The maximum absolute atomic E-state index is 11.5. The number of nitrogens with zero attached hydrogens (tertiary/aromatic N) is 2. The van der Waals surface area contributed by atoms with Crippen molar-refractivity contribution in [1.29, 1.82) is 0 Å². The van der Waals surface area contributed by atoms with Crippen molar-refractivity contribution in [2.45, 2.75) is 18.9 Å². The first-order chi connectivity index (χ1) is 8.54. The van der Waals surface area contributed by atoms with Crippen molar-refractivity contribution in [3.05, 3.63) is 11.9 Å². The molecule has 0 bridgehead atoms. The highest BCUT2D eigenvalue weighted by atomic mass is 32.1. The van der Waals surface area contributed by atoms with Crippen LogP contribution in [0.3, 0.4) is 0 Å². The number of hydrogen-bond donors (Lipinski definition) is 2. The molecule has 9 heteroatoms. The van der Waals surface area contributed by atoms with E-state index in [0.29, 0.717) is 0 Å². The van der Waals surface area contributed by atoms with Crippen LogP contribution in [0, 0.1) is 0 Å². The Morgan fingerprint density at radius 1 is 1.56 bits per heavy atom. The quantitative estimate of drug-likeness (QED) is 0.681. The molecule has 1 aromatic rings. The lowest BCUT2D eigenvalue weighted by Gasteiger charge is -2.12. The van der Waals surface area contributed by atoms with Crippen molar-refractivity contribution in [1.82, 2.24) is 14.1 Å². The summed E-state index contributed by atoms with van der Waals surface area (Å²) in [6, 6.07) is -1.17. The fourth-order valence-corrected chi connectivity index (χ4v) is 1.53. The third kappa shape index (κ3) is 4.09. The molecule has 0 aliphatic heterocycles. The molecule has 2 N–H and O–H groups in total. The monoisotopic (exact) mass is 273 g/mol. The van der Waals surface area contributed by atoms with Gasteiger partial charge in [0.1, 0.15) is 6.04 Å². The Kier molecular flexibility index (Phi) is 5.18. The van der Waals surface area contributed by atoms with Crippen molar-refractivity contribution in [3.63, 3.8) is 0 Å². The van der Waals surface area contributed by atoms with E-state index in [-0.39, 0.29) is 18.5 Å². The van der Waals surface area contributed by atoms with E-state index in [0.717, 1.165) is 11.7 Å². The van der Waals surface area contributed by atoms with Crippen LogP contribution in [0.25, 0.3) is 0 Å². The molecule has 0 saturated carbocycles. The van der Waals surface area contributed by atoms with Gasteiger partial charge in [-0.15, -0.1) is 0 Å². The van der Waals surface area contributed by atoms with Crippen molar-refractivity contribution >= 4 is 29.6 Å². The zero-order valence-corrected chi connectivity index (χ0v) is 10.3.